The van der Waals surface area contributed by atoms with Crippen molar-refractivity contribution in [3.05, 3.63) is 34.2 Å². The highest BCUT2D eigenvalue weighted by Crippen LogP contribution is 2.26. The quantitative estimate of drug-likeness (QED) is 0.172. The van der Waals surface area contributed by atoms with E-state index in [1.807, 2.05) is 6.92 Å². The molecule has 1 aromatic carbocycles. The standard InChI is InChI=1S/C15H23N3O6S/c1-3-24-25(19,20)15-5-4-13(2)12-14(15)23-11-10-22-9-8-21-7-6-17-18-16/h4-5,12H,3,6-11H2,1-2H3. The second-order valence-corrected chi connectivity index (χ2v) is 6.42. The van der Waals surface area contributed by atoms with E-state index in [9.17, 15) is 8.42 Å². The Kier molecular flexibility index (Phi) is 9.90. The van der Waals surface area contributed by atoms with Crippen molar-refractivity contribution in [2.24, 2.45) is 5.11 Å². The maximum absolute atomic E-state index is 12.1. The Balaban J connectivity index is 2.39. The van der Waals surface area contributed by atoms with Gasteiger partial charge in [-0.05, 0) is 37.1 Å². The van der Waals surface area contributed by atoms with Gasteiger partial charge in [-0.15, -0.1) is 0 Å². The molecule has 0 aliphatic carbocycles. The van der Waals surface area contributed by atoms with E-state index in [0.717, 1.165) is 5.56 Å². The molecule has 0 heterocycles. The van der Waals surface area contributed by atoms with E-state index in [-0.39, 0.29) is 37.0 Å². The third kappa shape index (κ3) is 8.19. The van der Waals surface area contributed by atoms with E-state index in [1.54, 1.807) is 19.1 Å². The number of aryl methyl sites for hydroxylation is 1. The van der Waals surface area contributed by atoms with Crippen molar-refractivity contribution in [3.63, 3.8) is 0 Å². The van der Waals surface area contributed by atoms with Crippen molar-refractivity contribution >= 4 is 10.1 Å². The first-order valence-electron chi connectivity index (χ1n) is 7.80. The molecule has 0 fully saturated rings. The van der Waals surface area contributed by atoms with Gasteiger partial charge in [0.15, 0.2) is 0 Å². The van der Waals surface area contributed by atoms with Crippen LogP contribution in [0, 0.1) is 6.92 Å². The summed E-state index contributed by atoms with van der Waals surface area (Å²) in [4.78, 5) is 2.61. The van der Waals surface area contributed by atoms with E-state index in [1.165, 1.54) is 6.07 Å². The molecule has 10 heteroatoms. The number of benzene rings is 1. The van der Waals surface area contributed by atoms with Gasteiger partial charge in [-0.1, -0.05) is 11.2 Å². The molecule has 0 radical (unpaired) electrons. The minimum absolute atomic E-state index is 0.00123. The summed E-state index contributed by atoms with van der Waals surface area (Å²) >= 11 is 0. The van der Waals surface area contributed by atoms with Gasteiger partial charge in [0.25, 0.3) is 0 Å². The fourth-order valence-electron chi connectivity index (χ4n) is 1.84. The van der Waals surface area contributed by atoms with Gasteiger partial charge < -0.3 is 14.2 Å². The van der Waals surface area contributed by atoms with Crippen molar-refractivity contribution in [2.75, 3.05) is 46.2 Å². The number of azide groups is 1. The van der Waals surface area contributed by atoms with Gasteiger partial charge in [0, 0.05) is 11.5 Å². The van der Waals surface area contributed by atoms with E-state index >= 15 is 0 Å². The van der Waals surface area contributed by atoms with Crippen molar-refractivity contribution in [3.8, 4) is 5.75 Å². The van der Waals surface area contributed by atoms with Gasteiger partial charge in [0.05, 0.1) is 33.0 Å². The smallest absolute Gasteiger partial charge is 0.300 e. The average Bonchev–Trinajstić information content (AvgIpc) is 2.56. The van der Waals surface area contributed by atoms with Gasteiger partial charge in [0.2, 0.25) is 0 Å². The summed E-state index contributed by atoms with van der Waals surface area (Å²) in [6.45, 7) is 5.32. The predicted octanol–water partition coefficient (Wildman–Crippen LogP) is 2.44. The Bertz CT molecular complexity index is 674. The van der Waals surface area contributed by atoms with Gasteiger partial charge in [-0.2, -0.15) is 8.42 Å². The number of nitrogens with zero attached hydrogens (tertiary/aromatic N) is 3. The first-order valence-corrected chi connectivity index (χ1v) is 9.21. The Hall–Kier alpha value is -1.84. The van der Waals surface area contributed by atoms with E-state index in [4.69, 9.17) is 23.9 Å². The molecule has 0 atom stereocenters. The van der Waals surface area contributed by atoms with E-state index in [2.05, 4.69) is 10.0 Å². The molecule has 1 aromatic rings. The summed E-state index contributed by atoms with van der Waals surface area (Å²) in [6, 6.07) is 4.79. The Morgan fingerprint density at radius 3 is 2.48 bits per heavy atom. The first-order chi connectivity index (χ1) is 12.0. The summed E-state index contributed by atoms with van der Waals surface area (Å²) in [5.41, 5.74) is 8.97. The summed E-state index contributed by atoms with van der Waals surface area (Å²) in [7, 11) is -3.84. The molecule has 0 saturated heterocycles. The maximum Gasteiger partial charge on any atom is 0.300 e. The van der Waals surface area contributed by atoms with Crippen LogP contribution in [0.3, 0.4) is 0 Å². The number of rotatable bonds is 13. The lowest BCUT2D eigenvalue weighted by molar-refractivity contribution is 0.0384. The van der Waals surface area contributed by atoms with Gasteiger partial charge in [-0.3, -0.25) is 4.18 Å². The van der Waals surface area contributed by atoms with Crippen LogP contribution in [-0.4, -0.2) is 54.6 Å². The lowest BCUT2D eigenvalue weighted by atomic mass is 10.2. The summed E-state index contributed by atoms with van der Waals surface area (Å²) in [5.74, 6) is 0.239. The molecule has 0 bridgehead atoms. The second kappa shape index (κ2) is 11.7. The summed E-state index contributed by atoms with van der Waals surface area (Å²) in [6.07, 6.45) is 0. The fourth-order valence-corrected chi connectivity index (χ4v) is 2.87. The zero-order chi connectivity index (χ0) is 18.5. The minimum Gasteiger partial charge on any atom is -0.490 e. The van der Waals surface area contributed by atoms with E-state index < -0.39 is 10.1 Å². The summed E-state index contributed by atoms with van der Waals surface area (Å²) in [5, 5.41) is 3.34. The molecule has 0 spiro atoms. The molecule has 1 rings (SSSR count). The number of ether oxygens (including phenoxy) is 3. The molecule has 0 amide bonds. The molecule has 9 nitrogen and oxygen atoms in total. The van der Waals surface area contributed by atoms with Crippen LogP contribution in [0.1, 0.15) is 12.5 Å². The second-order valence-electron chi connectivity index (χ2n) is 4.84. The third-order valence-corrected chi connectivity index (χ3v) is 4.32. The topological polar surface area (TPSA) is 120 Å². The lowest BCUT2D eigenvalue weighted by Crippen LogP contribution is -2.14. The van der Waals surface area contributed by atoms with Crippen molar-refractivity contribution < 1.29 is 26.8 Å². The van der Waals surface area contributed by atoms with Crippen LogP contribution in [-0.2, 0) is 23.8 Å². The Morgan fingerprint density at radius 2 is 1.80 bits per heavy atom. The molecule has 0 N–H and O–H groups in total. The third-order valence-electron chi connectivity index (χ3n) is 2.90. The number of hydrogen-bond acceptors (Lipinski definition) is 7. The zero-order valence-corrected chi connectivity index (χ0v) is 15.2. The first kappa shape index (κ1) is 21.2. The average molecular weight is 373 g/mol. The molecule has 140 valence electrons. The lowest BCUT2D eigenvalue weighted by Gasteiger charge is -2.12. The SMILES string of the molecule is CCOS(=O)(=O)c1ccc(C)cc1OCCOCCOCCN=[N+]=[N-]. The molecule has 0 unspecified atom stereocenters. The van der Waals surface area contributed by atoms with Crippen molar-refractivity contribution in [1.29, 1.82) is 0 Å². The minimum atomic E-state index is -3.84. The maximum atomic E-state index is 12.1. The van der Waals surface area contributed by atoms with Crippen LogP contribution >= 0.6 is 0 Å². The molecule has 25 heavy (non-hydrogen) atoms. The van der Waals surface area contributed by atoms with Crippen LogP contribution in [0.15, 0.2) is 28.2 Å². The van der Waals surface area contributed by atoms with Crippen LogP contribution in [0.4, 0.5) is 0 Å². The highest BCUT2D eigenvalue weighted by molar-refractivity contribution is 7.86. The van der Waals surface area contributed by atoms with E-state index in [0.29, 0.717) is 19.8 Å². The molecular weight excluding hydrogens is 350 g/mol. The Labute approximate surface area is 147 Å². The monoisotopic (exact) mass is 373 g/mol. The zero-order valence-electron chi connectivity index (χ0n) is 14.4. The number of hydrogen-bond donors (Lipinski definition) is 0. The highest BCUT2D eigenvalue weighted by Gasteiger charge is 2.20. The van der Waals surface area contributed by atoms with Crippen LogP contribution in [0.25, 0.3) is 10.4 Å². The normalized spacial score (nSPS) is 11.1. The molecular formula is C15H23N3O6S. The van der Waals surface area contributed by atoms with Gasteiger partial charge in [-0.25, -0.2) is 0 Å². The fraction of sp³-hybridized carbons (Fsp3) is 0.600. The molecule has 0 saturated carbocycles. The Morgan fingerprint density at radius 1 is 1.12 bits per heavy atom. The predicted molar refractivity (Wildman–Crippen MR) is 91.1 cm³/mol. The van der Waals surface area contributed by atoms with Gasteiger partial charge >= 0.3 is 10.1 Å². The molecule has 0 aliphatic heterocycles. The van der Waals surface area contributed by atoms with Gasteiger partial charge in [0.1, 0.15) is 17.3 Å². The highest BCUT2D eigenvalue weighted by atomic mass is 32.2. The molecule has 0 aliphatic rings. The largest absolute Gasteiger partial charge is 0.490 e. The van der Waals surface area contributed by atoms with Crippen molar-refractivity contribution in [2.45, 2.75) is 18.7 Å². The van der Waals surface area contributed by atoms with Crippen LogP contribution in [0.5, 0.6) is 5.75 Å². The molecule has 0 aromatic heterocycles. The van der Waals surface area contributed by atoms with Crippen LogP contribution < -0.4 is 4.74 Å². The van der Waals surface area contributed by atoms with Crippen molar-refractivity contribution in [1.82, 2.24) is 0 Å². The van der Waals surface area contributed by atoms with Crippen LogP contribution in [0.2, 0.25) is 0 Å². The summed E-state index contributed by atoms with van der Waals surface area (Å²) < 4.78 is 45.0.